The van der Waals surface area contributed by atoms with Gasteiger partial charge in [-0.1, -0.05) is 6.07 Å². The van der Waals surface area contributed by atoms with Gasteiger partial charge in [-0.2, -0.15) is 0 Å². The molecule has 4 nitrogen and oxygen atoms in total. The first-order valence-electron chi connectivity index (χ1n) is 2.98. The van der Waals surface area contributed by atoms with Crippen LogP contribution in [0.2, 0.25) is 0 Å². The zero-order valence-corrected chi connectivity index (χ0v) is 6.49. The maximum absolute atomic E-state index is 2.08. The highest BCUT2D eigenvalue weighted by Gasteiger charge is 1.83. The summed E-state index contributed by atoms with van der Waals surface area (Å²) in [7, 11) is 0. The lowest BCUT2D eigenvalue weighted by molar-refractivity contribution is 0.823. The SMILES string of the molecule is O.O.O.c1ccn2cccc2c1. The molecule has 12 heavy (non-hydrogen) atoms. The predicted molar refractivity (Wildman–Crippen MR) is 48.2 cm³/mol. The van der Waals surface area contributed by atoms with Crippen molar-refractivity contribution < 1.29 is 16.4 Å². The number of pyridine rings is 1. The number of aromatic nitrogens is 1. The molecule has 0 saturated heterocycles. The van der Waals surface area contributed by atoms with E-state index in [4.69, 9.17) is 0 Å². The van der Waals surface area contributed by atoms with Crippen molar-refractivity contribution in [3.05, 3.63) is 42.7 Å². The monoisotopic (exact) mass is 171 g/mol. The van der Waals surface area contributed by atoms with Gasteiger partial charge in [0.25, 0.3) is 0 Å². The van der Waals surface area contributed by atoms with Crippen molar-refractivity contribution >= 4 is 5.52 Å². The highest BCUT2D eigenvalue weighted by Crippen LogP contribution is 2.01. The molecule has 0 saturated carbocycles. The molecule has 0 aliphatic carbocycles. The Hall–Kier alpha value is -1.36. The quantitative estimate of drug-likeness (QED) is 0.508. The fourth-order valence-electron chi connectivity index (χ4n) is 0.980. The first-order valence-corrected chi connectivity index (χ1v) is 2.98. The summed E-state index contributed by atoms with van der Waals surface area (Å²) in [6.07, 6.45) is 4.07. The average Bonchev–Trinajstić information content (AvgIpc) is 2.33. The minimum Gasteiger partial charge on any atom is -0.412 e. The Morgan fingerprint density at radius 1 is 0.750 bits per heavy atom. The summed E-state index contributed by atoms with van der Waals surface area (Å²) >= 11 is 0. The van der Waals surface area contributed by atoms with Gasteiger partial charge in [0, 0.05) is 17.9 Å². The van der Waals surface area contributed by atoms with Crippen molar-refractivity contribution in [2.75, 3.05) is 0 Å². The molecule has 0 unspecified atom stereocenters. The Balaban J connectivity index is 0. The van der Waals surface area contributed by atoms with Crippen LogP contribution in [0.15, 0.2) is 42.7 Å². The van der Waals surface area contributed by atoms with Crippen LogP contribution in [-0.2, 0) is 0 Å². The number of nitrogens with zero attached hydrogens (tertiary/aromatic N) is 1. The van der Waals surface area contributed by atoms with Gasteiger partial charge in [-0.25, -0.2) is 0 Å². The van der Waals surface area contributed by atoms with Gasteiger partial charge >= 0.3 is 0 Å². The summed E-state index contributed by atoms with van der Waals surface area (Å²) in [4.78, 5) is 0. The molecule has 6 N–H and O–H groups in total. The van der Waals surface area contributed by atoms with Gasteiger partial charge in [0.1, 0.15) is 0 Å². The van der Waals surface area contributed by atoms with E-state index in [2.05, 4.69) is 16.5 Å². The molecule has 0 fully saturated rings. The first kappa shape index (κ1) is 13.2. The molecule has 2 aromatic heterocycles. The van der Waals surface area contributed by atoms with E-state index < -0.39 is 0 Å². The molecule has 0 bridgehead atoms. The fraction of sp³-hybridized carbons (Fsp3) is 0. The average molecular weight is 171 g/mol. The zero-order chi connectivity index (χ0) is 6.10. The third-order valence-corrected chi connectivity index (χ3v) is 1.44. The summed E-state index contributed by atoms with van der Waals surface area (Å²) in [6, 6.07) is 10.3. The van der Waals surface area contributed by atoms with Crippen LogP contribution in [0.3, 0.4) is 0 Å². The number of fused-ring (bicyclic) bond motifs is 1. The second-order valence-corrected chi connectivity index (χ2v) is 2.04. The smallest absolute Gasteiger partial charge is 0.0449 e. The predicted octanol–water partition coefficient (Wildman–Crippen LogP) is -0.535. The van der Waals surface area contributed by atoms with Gasteiger partial charge in [0.2, 0.25) is 0 Å². The van der Waals surface area contributed by atoms with Crippen LogP contribution in [0.25, 0.3) is 5.52 Å². The second-order valence-electron chi connectivity index (χ2n) is 2.04. The fourth-order valence-corrected chi connectivity index (χ4v) is 0.980. The van der Waals surface area contributed by atoms with Crippen LogP contribution in [0.4, 0.5) is 0 Å². The lowest BCUT2D eigenvalue weighted by Crippen LogP contribution is -1.75. The van der Waals surface area contributed by atoms with Gasteiger partial charge in [-0.15, -0.1) is 0 Å². The molecule has 0 aliphatic heterocycles. The molecule has 68 valence electrons. The lowest BCUT2D eigenvalue weighted by Gasteiger charge is -1.88. The summed E-state index contributed by atoms with van der Waals surface area (Å²) in [5.41, 5.74) is 1.25. The van der Waals surface area contributed by atoms with Gasteiger partial charge in [-0.3, -0.25) is 0 Å². The molecule has 2 rings (SSSR count). The van der Waals surface area contributed by atoms with E-state index >= 15 is 0 Å². The molecule has 0 amide bonds. The molecule has 0 atom stereocenters. The number of hydrogen-bond donors (Lipinski definition) is 0. The van der Waals surface area contributed by atoms with E-state index in [-0.39, 0.29) is 16.4 Å². The normalized spacial score (nSPS) is 7.67. The standard InChI is InChI=1S/C8H7N.3H2O/c1-2-6-9-7-3-5-8(9)4-1;;;/h1-7H;3*1H2. The molecule has 0 spiro atoms. The zero-order valence-electron chi connectivity index (χ0n) is 6.49. The Morgan fingerprint density at radius 3 is 2.00 bits per heavy atom. The van der Waals surface area contributed by atoms with Gasteiger partial charge in [0.05, 0.1) is 0 Å². The summed E-state index contributed by atoms with van der Waals surface area (Å²) in [6.45, 7) is 0. The molecule has 0 aliphatic rings. The van der Waals surface area contributed by atoms with Crippen molar-refractivity contribution in [3.8, 4) is 0 Å². The molecule has 0 radical (unpaired) electrons. The van der Waals surface area contributed by atoms with Crippen molar-refractivity contribution in [2.24, 2.45) is 0 Å². The minimum atomic E-state index is 0. The summed E-state index contributed by atoms with van der Waals surface area (Å²) in [5, 5.41) is 0. The highest BCUT2D eigenvalue weighted by atomic mass is 16.0. The Morgan fingerprint density at radius 2 is 1.33 bits per heavy atom. The number of hydrogen-bond acceptors (Lipinski definition) is 0. The summed E-state index contributed by atoms with van der Waals surface area (Å²) in [5.74, 6) is 0. The van der Waals surface area contributed by atoms with Crippen molar-refractivity contribution in [1.82, 2.24) is 4.40 Å². The highest BCUT2D eigenvalue weighted by molar-refractivity contribution is 5.46. The van der Waals surface area contributed by atoms with Crippen molar-refractivity contribution in [2.45, 2.75) is 0 Å². The van der Waals surface area contributed by atoms with E-state index in [1.165, 1.54) is 5.52 Å². The molecule has 0 aromatic carbocycles. The molecule has 4 heteroatoms. The van der Waals surface area contributed by atoms with E-state index in [1.807, 2.05) is 30.6 Å². The van der Waals surface area contributed by atoms with Crippen molar-refractivity contribution in [3.63, 3.8) is 0 Å². The molecular weight excluding hydrogens is 158 g/mol. The minimum absolute atomic E-state index is 0. The van der Waals surface area contributed by atoms with E-state index in [0.717, 1.165) is 0 Å². The third-order valence-electron chi connectivity index (χ3n) is 1.44. The number of rotatable bonds is 0. The van der Waals surface area contributed by atoms with E-state index in [0.29, 0.717) is 0 Å². The maximum Gasteiger partial charge on any atom is 0.0449 e. The lowest BCUT2D eigenvalue weighted by atomic mass is 10.4. The van der Waals surface area contributed by atoms with Crippen LogP contribution in [0.5, 0.6) is 0 Å². The second kappa shape index (κ2) is 5.31. The Labute approximate surface area is 70.0 Å². The third kappa shape index (κ3) is 2.06. The largest absolute Gasteiger partial charge is 0.412 e. The first-order chi connectivity index (χ1) is 4.47. The van der Waals surface area contributed by atoms with Crippen LogP contribution >= 0.6 is 0 Å². The Kier molecular flexibility index (Phi) is 5.86. The molecular formula is C8H13NO3. The van der Waals surface area contributed by atoms with Gasteiger partial charge < -0.3 is 20.8 Å². The van der Waals surface area contributed by atoms with E-state index in [1.54, 1.807) is 0 Å². The van der Waals surface area contributed by atoms with Crippen LogP contribution in [-0.4, -0.2) is 20.8 Å². The van der Waals surface area contributed by atoms with E-state index in [9.17, 15) is 0 Å². The Bertz CT molecular complexity index is 288. The molecule has 2 aromatic rings. The van der Waals surface area contributed by atoms with Gasteiger partial charge in [-0.05, 0) is 24.3 Å². The van der Waals surface area contributed by atoms with Crippen LogP contribution in [0, 0.1) is 0 Å². The van der Waals surface area contributed by atoms with Crippen molar-refractivity contribution in [1.29, 1.82) is 0 Å². The maximum atomic E-state index is 2.08. The van der Waals surface area contributed by atoms with Gasteiger partial charge in [0.15, 0.2) is 0 Å². The topological polar surface area (TPSA) is 98.9 Å². The summed E-state index contributed by atoms with van der Waals surface area (Å²) < 4.78 is 2.08. The molecule has 2 heterocycles. The van der Waals surface area contributed by atoms with Crippen LogP contribution in [0.1, 0.15) is 0 Å². The van der Waals surface area contributed by atoms with Crippen LogP contribution < -0.4 is 0 Å².